The predicted octanol–water partition coefficient (Wildman–Crippen LogP) is -0.111. The zero-order valence-electron chi connectivity index (χ0n) is 10.2. The van der Waals surface area contributed by atoms with Crippen molar-refractivity contribution in [3.05, 3.63) is 0 Å². The van der Waals surface area contributed by atoms with E-state index in [1.54, 1.807) is 13.8 Å². The van der Waals surface area contributed by atoms with Crippen molar-refractivity contribution in [2.45, 2.75) is 24.6 Å². The van der Waals surface area contributed by atoms with Gasteiger partial charge in [0.2, 0.25) is 5.91 Å². The van der Waals surface area contributed by atoms with Crippen LogP contribution in [-0.2, 0) is 14.3 Å². The first-order valence-corrected chi connectivity index (χ1v) is 6.33. The molecule has 1 atom stereocenters. The molecule has 0 spiro atoms. The van der Waals surface area contributed by atoms with Gasteiger partial charge in [0.25, 0.3) is 0 Å². The summed E-state index contributed by atoms with van der Waals surface area (Å²) < 4.78 is 3.84. The van der Waals surface area contributed by atoms with Crippen LogP contribution in [0, 0.1) is 0 Å². The number of nitrogens with two attached hydrogens (primary N) is 1. The van der Waals surface area contributed by atoms with Gasteiger partial charge >= 0.3 is 12.1 Å². The first kappa shape index (κ1) is 14.8. The van der Waals surface area contributed by atoms with E-state index in [4.69, 9.17) is 10.8 Å². The summed E-state index contributed by atoms with van der Waals surface area (Å²) in [4.78, 5) is 34.6. The average Bonchev–Trinajstić information content (AvgIpc) is 2.71. The molecule has 3 N–H and O–H groups in total. The van der Waals surface area contributed by atoms with Crippen LogP contribution in [0.4, 0.5) is 4.79 Å². The van der Waals surface area contributed by atoms with Gasteiger partial charge in [-0.3, -0.25) is 9.59 Å². The van der Waals surface area contributed by atoms with E-state index in [-0.39, 0.29) is 18.9 Å². The van der Waals surface area contributed by atoms with Gasteiger partial charge in [-0.25, -0.2) is 9.69 Å². The molecule has 0 aromatic carbocycles. The molecule has 102 valence electrons. The van der Waals surface area contributed by atoms with E-state index in [1.165, 1.54) is 0 Å². The molecular weight excluding hydrogens is 260 g/mol. The molecule has 0 bridgehead atoms. The maximum Gasteiger partial charge on any atom is 0.416 e. The lowest BCUT2D eigenvalue weighted by molar-refractivity contribution is -0.139. The molecule has 8 heteroatoms. The zero-order valence-corrected chi connectivity index (χ0v) is 11.0. The molecule has 0 aromatic heterocycles. The fraction of sp³-hybridized carbons (Fsp3) is 0.700. The second kappa shape index (κ2) is 5.57. The number of thioether (sulfide) groups is 1. The molecule has 0 aliphatic carbocycles. The maximum absolute atomic E-state index is 11.7. The first-order chi connectivity index (χ1) is 8.25. The number of imide groups is 1. The number of carboxylic acids is 1. The quantitative estimate of drug-likeness (QED) is 0.720. The molecule has 1 rings (SSSR count). The summed E-state index contributed by atoms with van der Waals surface area (Å²) in [5.74, 6) is -1.53. The van der Waals surface area contributed by atoms with Crippen molar-refractivity contribution in [2.75, 3.05) is 18.9 Å². The van der Waals surface area contributed by atoms with Gasteiger partial charge in [0, 0.05) is 4.75 Å². The number of hydrogen-bond donors (Lipinski definition) is 2. The van der Waals surface area contributed by atoms with Crippen LogP contribution in [0.1, 0.15) is 13.8 Å². The van der Waals surface area contributed by atoms with Crippen LogP contribution >= 0.6 is 11.8 Å². The summed E-state index contributed by atoms with van der Waals surface area (Å²) in [5.41, 5.74) is 5.52. The van der Waals surface area contributed by atoms with Gasteiger partial charge in [0.15, 0.2) is 0 Å². The third kappa shape index (κ3) is 3.36. The molecule has 0 saturated carbocycles. The van der Waals surface area contributed by atoms with Crippen LogP contribution in [0.5, 0.6) is 0 Å². The van der Waals surface area contributed by atoms with Crippen molar-refractivity contribution < 1.29 is 24.2 Å². The van der Waals surface area contributed by atoms with Crippen molar-refractivity contribution in [3.63, 3.8) is 0 Å². The highest BCUT2D eigenvalue weighted by atomic mass is 32.2. The van der Waals surface area contributed by atoms with Gasteiger partial charge in [0.05, 0.1) is 12.3 Å². The van der Waals surface area contributed by atoms with Crippen molar-refractivity contribution in [1.29, 1.82) is 0 Å². The maximum atomic E-state index is 11.7. The molecule has 0 radical (unpaired) electrons. The van der Waals surface area contributed by atoms with E-state index in [0.29, 0.717) is 0 Å². The molecule has 1 fully saturated rings. The Labute approximate surface area is 109 Å². The summed E-state index contributed by atoms with van der Waals surface area (Å²) in [6, 6.07) is -1.08. The molecule has 0 unspecified atom stereocenters. The Balaban J connectivity index is 2.51. The van der Waals surface area contributed by atoms with Crippen molar-refractivity contribution in [3.8, 4) is 0 Å². The Morgan fingerprint density at radius 3 is 2.67 bits per heavy atom. The van der Waals surface area contributed by atoms with Crippen molar-refractivity contribution in [1.82, 2.24) is 4.90 Å². The lowest BCUT2D eigenvalue weighted by Gasteiger charge is -2.28. The van der Waals surface area contributed by atoms with Crippen LogP contribution in [0.25, 0.3) is 0 Å². The van der Waals surface area contributed by atoms with Gasteiger partial charge < -0.3 is 15.6 Å². The molecule has 2 amide bonds. The Bertz CT molecular complexity index is 371. The number of rotatable bonds is 5. The standard InChI is InChI=1S/C10H16N2O5S/c1-10(2,7(11)8(14)15)18-5-6(13)12-3-4-17-9(12)16/h7H,3-5,11H2,1-2H3,(H,14,15)/t7-/m1/s1. The Hall–Kier alpha value is -1.28. The molecular formula is C10H16N2O5S. The van der Waals surface area contributed by atoms with Crippen LogP contribution in [0.2, 0.25) is 0 Å². The summed E-state index contributed by atoms with van der Waals surface area (Å²) >= 11 is 1.11. The monoisotopic (exact) mass is 276 g/mol. The van der Waals surface area contributed by atoms with Crippen LogP contribution in [0.15, 0.2) is 0 Å². The molecule has 1 aliphatic rings. The fourth-order valence-corrected chi connectivity index (χ4v) is 2.26. The summed E-state index contributed by atoms with van der Waals surface area (Å²) in [5, 5.41) is 8.83. The average molecular weight is 276 g/mol. The van der Waals surface area contributed by atoms with E-state index in [0.717, 1.165) is 16.7 Å². The first-order valence-electron chi connectivity index (χ1n) is 5.35. The minimum Gasteiger partial charge on any atom is -0.480 e. The lowest BCUT2D eigenvalue weighted by atomic mass is 10.1. The van der Waals surface area contributed by atoms with Crippen LogP contribution in [0.3, 0.4) is 0 Å². The molecule has 1 aliphatic heterocycles. The Kier molecular flexibility index (Phi) is 4.58. The molecule has 1 saturated heterocycles. The summed E-state index contributed by atoms with van der Waals surface area (Å²) in [6.07, 6.45) is -0.652. The second-order valence-electron chi connectivity index (χ2n) is 4.37. The van der Waals surface area contributed by atoms with E-state index in [2.05, 4.69) is 4.74 Å². The Morgan fingerprint density at radius 1 is 1.61 bits per heavy atom. The largest absolute Gasteiger partial charge is 0.480 e. The highest BCUT2D eigenvalue weighted by Gasteiger charge is 2.35. The fourth-order valence-electron chi connectivity index (χ4n) is 1.33. The molecule has 1 heterocycles. The topological polar surface area (TPSA) is 110 Å². The normalized spacial score (nSPS) is 17.5. The molecule has 7 nitrogen and oxygen atoms in total. The van der Waals surface area contributed by atoms with Gasteiger partial charge in [-0.1, -0.05) is 0 Å². The second-order valence-corrected chi connectivity index (χ2v) is 6.00. The number of nitrogens with zero attached hydrogens (tertiary/aromatic N) is 1. The number of amides is 2. The highest BCUT2D eigenvalue weighted by molar-refractivity contribution is 8.01. The van der Waals surface area contributed by atoms with Gasteiger partial charge in [-0.2, -0.15) is 0 Å². The number of hydrogen-bond acceptors (Lipinski definition) is 6. The van der Waals surface area contributed by atoms with Crippen LogP contribution in [-0.4, -0.2) is 57.7 Å². The minimum absolute atomic E-state index is 0.0108. The van der Waals surface area contributed by atoms with Crippen LogP contribution < -0.4 is 5.73 Å². The zero-order chi connectivity index (χ0) is 13.9. The van der Waals surface area contributed by atoms with E-state index in [1.807, 2.05) is 0 Å². The van der Waals surface area contributed by atoms with E-state index in [9.17, 15) is 14.4 Å². The number of carbonyl (C=O) groups excluding carboxylic acids is 2. The summed E-state index contributed by atoms with van der Waals surface area (Å²) in [7, 11) is 0. The predicted molar refractivity (Wildman–Crippen MR) is 65.2 cm³/mol. The third-order valence-corrected chi connectivity index (χ3v) is 4.03. The number of cyclic esters (lactones) is 1. The number of carboxylic acid groups (broad SMARTS) is 1. The molecule has 0 aromatic rings. The lowest BCUT2D eigenvalue weighted by Crippen LogP contribution is -2.47. The van der Waals surface area contributed by atoms with E-state index < -0.39 is 28.8 Å². The molecule has 18 heavy (non-hydrogen) atoms. The number of carbonyl (C=O) groups is 3. The van der Waals surface area contributed by atoms with Gasteiger partial charge in [-0.05, 0) is 13.8 Å². The number of ether oxygens (including phenoxy) is 1. The van der Waals surface area contributed by atoms with Gasteiger partial charge in [0.1, 0.15) is 12.6 Å². The number of aliphatic carboxylic acids is 1. The van der Waals surface area contributed by atoms with Gasteiger partial charge in [-0.15, -0.1) is 11.8 Å². The van der Waals surface area contributed by atoms with Crippen molar-refractivity contribution in [2.24, 2.45) is 5.73 Å². The summed E-state index contributed by atoms with van der Waals surface area (Å²) in [6.45, 7) is 3.73. The minimum atomic E-state index is -1.12. The van der Waals surface area contributed by atoms with E-state index >= 15 is 0 Å². The SMILES string of the molecule is CC(C)(SCC(=O)N1CCOC1=O)[C@H](N)C(=O)O. The van der Waals surface area contributed by atoms with Crippen molar-refractivity contribution >= 4 is 29.7 Å². The third-order valence-electron chi connectivity index (χ3n) is 2.64. The Morgan fingerprint density at radius 2 is 2.22 bits per heavy atom. The highest BCUT2D eigenvalue weighted by Crippen LogP contribution is 2.27. The smallest absolute Gasteiger partial charge is 0.416 e.